The number of aryl methyl sites for hydroxylation is 1. The van der Waals surface area contributed by atoms with E-state index in [0.717, 1.165) is 48.7 Å². The first kappa shape index (κ1) is 12.4. The summed E-state index contributed by atoms with van der Waals surface area (Å²) in [4.78, 5) is 16.8. The van der Waals surface area contributed by atoms with Gasteiger partial charge in [-0.2, -0.15) is 0 Å². The number of nitrogens with one attached hydrogen (secondary N) is 1. The Labute approximate surface area is 122 Å². The van der Waals surface area contributed by atoms with Crippen LogP contribution in [0.25, 0.3) is 0 Å². The summed E-state index contributed by atoms with van der Waals surface area (Å²) in [5.41, 5.74) is 1.89. The van der Waals surface area contributed by atoms with Crippen LogP contribution in [0.3, 0.4) is 0 Å². The Balaban J connectivity index is 1.84. The number of hydrogen-bond acceptors (Lipinski definition) is 3. The lowest BCUT2D eigenvalue weighted by Crippen LogP contribution is -2.25. The van der Waals surface area contributed by atoms with Crippen molar-refractivity contribution in [3.8, 4) is 5.75 Å². The molecule has 0 bridgehead atoms. The van der Waals surface area contributed by atoms with Crippen molar-refractivity contribution in [1.29, 1.82) is 0 Å². The number of imidazole rings is 1. The molecule has 1 aromatic heterocycles. The van der Waals surface area contributed by atoms with Crippen LogP contribution in [-0.4, -0.2) is 20.6 Å². The first-order chi connectivity index (χ1) is 10.2. The molecular weight excluding hydrogens is 266 g/mol. The number of aromatic hydroxyl groups is 1. The molecule has 1 atom stereocenters. The van der Waals surface area contributed by atoms with Gasteiger partial charge in [-0.3, -0.25) is 4.79 Å². The van der Waals surface area contributed by atoms with Crippen LogP contribution in [0.1, 0.15) is 42.3 Å². The number of aromatic nitrogens is 2. The van der Waals surface area contributed by atoms with Crippen molar-refractivity contribution in [2.75, 3.05) is 5.32 Å². The third-order valence-electron chi connectivity index (χ3n) is 4.36. The first-order valence-corrected chi connectivity index (χ1v) is 7.40. The van der Waals surface area contributed by atoms with E-state index in [9.17, 15) is 9.90 Å². The molecule has 0 saturated carbocycles. The molecule has 0 radical (unpaired) electrons. The molecule has 2 aliphatic rings. The van der Waals surface area contributed by atoms with Gasteiger partial charge in [-0.05, 0) is 30.5 Å². The Morgan fingerprint density at radius 1 is 1.33 bits per heavy atom. The quantitative estimate of drug-likeness (QED) is 0.844. The lowest BCUT2D eigenvalue weighted by molar-refractivity contribution is -0.116. The van der Waals surface area contributed by atoms with Crippen LogP contribution in [0.4, 0.5) is 5.82 Å². The lowest BCUT2D eigenvalue weighted by atomic mass is 9.90. The monoisotopic (exact) mass is 283 g/mol. The zero-order valence-electron chi connectivity index (χ0n) is 11.7. The Morgan fingerprint density at radius 2 is 2.24 bits per heavy atom. The Bertz CT molecular complexity index is 720. The summed E-state index contributed by atoms with van der Waals surface area (Å²) in [5, 5.41) is 12.7. The molecule has 4 rings (SSSR count). The van der Waals surface area contributed by atoms with Gasteiger partial charge in [0.1, 0.15) is 17.4 Å². The van der Waals surface area contributed by atoms with E-state index in [-0.39, 0.29) is 17.6 Å². The molecule has 0 saturated heterocycles. The average molecular weight is 283 g/mol. The highest BCUT2D eigenvalue weighted by molar-refractivity contribution is 5.94. The number of phenols is 1. The molecule has 3 heterocycles. The first-order valence-electron chi connectivity index (χ1n) is 7.40. The minimum absolute atomic E-state index is 0.0177. The van der Waals surface area contributed by atoms with Crippen LogP contribution in [0, 0.1) is 0 Å². The van der Waals surface area contributed by atoms with Crippen molar-refractivity contribution in [2.24, 2.45) is 0 Å². The summed E-state index contributed by atoms with van der Waals surface area (Å²) in [6, 6.07) is 7.13. The molecule has 1 aromatic carbocycles. The fraction of sp³-hybridized carbons (Fsp3) is 0.375. The van der Waals surface area contributed by atoms with E-state index in [1.165, 1.54) is 0 Å². The van der Waals surface area contributed by atoms with E-state index in [2.05, 4.69) is 9.88 Å². The topological polar surface area (TPSA) is 67.1 Å². The van der Waals surface area contributed by atoms with Gasteiger partial charge in [-0.25, -0.2) is 4.98 Å². The van der Waals surface area contributed by atoms with Crippen molar-refractivity contribution in [1.82, 2.24) is 9.55 Å². The summed E-state index contributed by atoms with van der Waals surface area (Å²) >= 11 is 0. The second kappa shape index (κ2) is 4.62. The molecule has 5 heteroatoms. The zero-order chi connectivity index (χ0) is 14.4. The average Bonchev–Trinajstić information content (AvgIpc) is 2.85. The Hall–Kier alpha value is -2.30. The van der Waals surface area contributed by atoms with Gasteiger partial charge < -0.3 is 15.0 Å². The van der Waals surface area contributed by atoms with Crippen molar-refractivity contribution >= 4 is 11.7 Å². The van der Waals surface area contributed by atoms with Gasteiger partial charge in [0.25, 0.3) is 0 Å². The van der Waals surface area contributed by atoms with E-state index in [1.807, 2.05) is 12.1 Å². The van der Waals surface area contributed by atoms with Crippen molar-refractivity contribution < 1.29 is 9.90 Å². The standard InChI is InChI=1S/C16H17N3O2/c20-11-5-3-4-10(8-11)12-9-14(21)18-16-15(12)17-13-6-1-2-7-19(13)16/h3-5,8,12,20H,1-2,6-7,9H2,(H,18,21)/t12-/m1/s1. The number of carbonyl (C=O) groups is 1. The van der Waals surface area contributed by atoms with E-state index >= 15 is 0 Å². The highest BCUT2D eigenvalue weighted by Gasteiger charge is 2.33. The Morgan fingerprint density at radius 3 is 3.10 bits per heavy atom. The molecule has 1 amide bonds. The number of carbonyl (C=O) groups excluding carboxylic acids is 1. The molecule has 2 N–H and O–H groups in total. The molecule has 0 unspecified atom stereocenters. The molecular formula is C16H17N3O2. The molecule has 21 heavy (non-hydrogen) atoms. The summed E-state index contributed by atoms with van der Waals surface area (Å²) in [5.74, 6) is 2.10. The van der Waals surface area contributed by atoms with Gasteiger partial charge >= 0.3 is 0 Å². The van der Waals surface area contributed by atoms with Gasteiger partial charge in [-0.1, -0.05) is 12.1 Å². The highest BCUT2D eigenvalue weighted by Crippen LogP contribution is 2.39. The van der Waals surface area contributed by atoms with Crippen LogP contribution < -0.4 is 5.32 Å². The van der Waals surface area contributed by atoms with Crippen LogP contribution in [0.5, 0.6) is 5.75 Å². The van der Waals surface area contributed by atoms with Crippen molar-refractivity contribution in [3.63, 3.8) is 0 Å². The molecule has 5 nitrogen and oxygen atoms in total. The molecule has 0 aliphatic carbocycles. The van der Waals surface area contributed by atoms with Crippen molar-refractivity contribution in [3.05, 3.63) is 41.3 Å². The van der Waals surface area contributed by atoms with Gasteiger partial charge in [0.15, 0.2) is 0 Å². The summed E-state index contributed by atoms with van der Waals surface area (Å²) < 4.78 is 2.14. The number of phenolic OH excluding ortho intramolecular Hbond substituents is 1. The summed E-state index contributed by atoms with van der Waals surface area (Å²) in [6.07, 6.45) is 3.63. The van der Waals surface area contributed by atoms with Crippen LogP contribution >= 0.6 is 0 Å². The van der Waals surface area contributed by atoms with E-state index in [1.54, 1.807) is 12.1 Å². The molecule has 2 aromatic rings. The Kier molecular flexibility index (Phi) is 2.74. The van der Waals surface area contributed by atoms with Gasteiger partial charge in [-0.15, -0.1) is 0 Å². The number of amides is 1. The second-order valence-corrected chi connectivity index (χ2v) is 5.77. The molecule has 2 aliphatic heterocycles. The number of nitrogens with zero attached hydrogens (tertiary/aromatic N) is 2. The number of fused-ring (bicyclic) bond motifs is 3. The van der Waals surface area contributed by atoms with Gasteiger partial charge in [0, 0.05) is 25.3 Å². The van der Waals surface area contributed by atoms with Crippen LogP contribution in [-0.2, 0) is 17.8 Å². The highest BCUT2D eigenvalue weighted by atomic mass is 16.3. The smallest absolute Gasteiger partial charge is 0.226 e. The predicted octanol–water partition coefficient (Wildman–Crippen LogP) is 2.40. The minimum Gasteiger partial charge on any atom is -0.508 e. The third kappa shape index (κ3) is 2.00. The maximum atomic E-state index is 12.1. The van der Waals surface area contributed by atoms with E-state index in [0.29, 0.717) is 6.42 Å². The number of rotatable bonds is 1. The SMILES string of the molecule is O=C1C[C@H](c2cccc(O)c2)c2nc3n(c2N1)CCCC3. The predicted molar refractivity (Wildman–Crippen MR) is 78.4 cm³/mol. The van der Waals surface area contributed by atoms with E-state index < -0.39 is 0 Å². The zero-order valence-corrected chi connectivity index (χ0v) is 11.7. The van der Waals surface area contributed by atoms with Crippen molar-refractivity contribution in [2.45, 2.75) is 38.1 Å². The van der Waals surface area contributed by atoms with Crippen LogP contribution in [0.15, 0.2) is 24.3 Å². The maximum Gasteiger partial charge on any atom is 0.226 e. The summed E-state index contributed by atoms with van der Waals surface area (Å²) in [7, 11) is 0. The van der Waals surface area contributed by atoms with Gasteiger partial charge in [0.05, 0.1) is 5.69 Å². The third-order valence-corrected chi connectivity index (χ3v) is 4.36. The normalized spacial score (nSPS) is 20.6. The maximum absolute atomic E-state index is 12.1. The second-order valence-electron chi connectivity index (χ2n) is 5.77. The largest absolute Gasteiger partial charge is 0.508 e. The molecule has 0 fully saturated rings. The summed E-state index contributed by atoms with van der Waals surface area (Å²) in [6.45, 7) is 0.921. The molecule has 108 valence electrons. The van der Waals surface area contributed by atoms with Gasteiger partial charge in [0.2, 0.25) is 5.91 Å². The number of benzene rings is 1. The fourth-order valence-corrected chi connectivity index (χ4v) is 3.36. The fourth-order valence-electron chi connectivity index (χ4n) is 3.36. The minimum atomic E-state index is -0.0704. The number of hydrogen-bond donors (Lipinski definition) is 2. The lowest BCUT2D eigenvalue weighted by Gasteiger charge is -2.24. The molecule has 0 spiro atoms. The number of anilines is 1. The van der Waals surface area contributed by atoms with Crippen LogP contribution in [0.2, 0.25) is 0 Å². The van der Waals surface area contributed by atoms with E-state index in [4.69, 9.17) is 4.98 Å².